The zero-order valence-electron chi connectivity index (χ0n) is 9.46. The molecule has 0 radical (unpaired) electrons. The molecule has 1 fully saturated rings. The van der Waals surface area contributed by atoms with E-state index in [1.807, 2.05) is 0 Å². The summed E-state index contributed by atoms with van der Waals surface area (Å²) in [6.07, 6.45) is 3.40. The van der Waals surface area contributed by atoms with E-state index >= 15 is 0 Å². The van der Waals surface area contributed by atoms with Gasteiger partial charge >= 0.3 is 0 Å². The van der Waals surface area contributed by atoms with Gasteiger partial charge in [0.2, 0.25) is 0 Å². The van der Waals surface area contributed by atoms with Crippen molar-refractivity contribution in [2.45, 2.75) is 31.7 Å². The lowest BCUT2D eigenvalue weighted by atomic mass is 9.81. The third-order valence-corrected chi connectivity index (χ3v) is 3.92. The molecule has 0 aliphatic heterocycles. The molecule has 0 saturated heterocycles. The Morgan fingerprint density at radius 1 is 1.41 bits per heavy atom. The molecular weight excluding hydrogens is 285 g/mol. The van der Waals surface area contributed by atoms with Gasteiger partial charge in [-0.2, -0.15) is 0 Å². The van der Waals surface area contributed by atoms with E-state index in [0.29, 0.717) is 10.9 Å². The van der Waals surface area contributed by atoms with Gasteiger partial charge in [0.25, 0.3) is 0 Å². The summed E-state index contributed by atoms with van der Waals surface area (Å²) in [5, 5.41) is 0. The van der Waals surface area contributed by atoms with Crippen LogP contribution in [0.3, 0.4) is 0 Å². The molecule has 0 heterocycles. The topological polar surface area (TPSA) is 43.1 Å². The van der Waals surface area contributed by atoms with Crippen LogP contribution in [0.25, 0.3) is 0 Å². The van der Waals surface area contributed by atoms with Crippen LogP contribution in [0.4, 0.5) is 4.39 Å². The smallest absolute Gasteiger partial charge is 0.168 e. The minimum absolute atomic E-state index is 0.0768. The highest BCUT2D eigenvalue weighted by atomic mass is 79.9. The number of carbonyl (C=O) groups excluding carboxylic acids is 1. The Hall–Kier alpha value is -0.740. The molecule has 1 saturated carbocycles. The number of benzene rings is 1. The number of rotatable bonds is 2. The Bertz CT molecular complexity index is 435. The van der Waals surface area contributed by atoms with Crippen molar-refractivity contribution < 1.29 is 9.18 Å². The summed E-state index contributed by atoms with van der Waals surface area (Å²) >= 11 is 3.10. The van der Waals surface area contributed by atoms with E-state index in [1.165, 1.54) is 0 Å². The zero-order chi connectivity index (χ0) is 12.4. The van der Waals surface area contributed by atoms with Crippen LogP contribution in [0.2, 0.25) is 0 Å². The van der Waals surface area contributed by atoms with Crippen LogP contribution in [0.15, 0.2) is 22.7 Å². The van der Waals surface area contributed by atoms with Gasteiger partial charge in [-0.3, -0.25) is 4.79 Å². The normalized spacial score (nSPS) is 24.6. The number of carbonyl (C=O) groups is 1. The van der Waals surface area contributed by atoms with Crippen LogP contribution in [0.5, 0.6) is 0 Å². The monoisotopic (exact) mass is 299 g/mol. The highest BCUT2D eigenvalue weighted by Crippen LogP contribution is 2.28. The Morgan fingerprint density at radius 2 is 2.18 bits per heavy atom. The van der Waals surface area contributed by atoms with E-state index in [4.69, 9.17) is 5.73 Å². The molecule has 2 unspecified atom stereocenters. The summed E-state index contributed by atoms with van der Waals surface area (Å²) in [6, 6.07) is 4.90. The van der Waals surface area contributed by atoms with Crippen molar-refractivity contribution in [2.24, 2.45) is 11.7 Å². The average molecular weight is 300 g/mol. The van der Waals surface area contributed by atoms with Crippen molar-refractivity contribution in [3.63, 3.8) is 0 Å². The van der Waals surface area contributed by atoms with Gasteiger partial charge in [0, 0.05) is 12.0 Å². The first-order valence-corrected chi connectivity index (χ1v) is 6.62. The predicted molar refractivity (Wildman–Crippen MR) is 68.4 cm³/mol. The largest absolute Gasteiger partial charge is 0.328 e. The van der Waals surface area contributed by atoms with Gasteiger partial charge in [-0.1, -0.05) is 12.5 Å². The standard InChI is InChI=1S/C13H15BrFNO/c14-11-6-2-5-10(12(11)15)13(17)8-3-1-4-9(16)7-8/h2,5-6,8-9H,1,3-4,7,16H2. The molecule has 2 atom stereocenters. The van der Waals surface area contributed by atoms with Crippen LogP contribution >= 0.6 is 15.9 Å². The number of hydrogen-bond acceptors (Lipinski definition) is 2. The molecule has 1 aliphatic rings. The van der Waals surface area contributed by atoms with Crippen molar-refractivity contribution in [1.82, 2.24) is 0 Å². The Labute approximate surface area is 109 Å². The third kappa shape index (κ3) is 2.75. The van der Waals surface area contributed by atoms with Gasteiger partial charge in [0.05, 0.1) is 10.0 Å². The summed E-state index contributed by atoms with van der Waals surface area (Å²) in [5.41, 5.74) is 6.03. The summed E-state index contributed by atoms with van der Waals surface area (Å²) in [4.78, 5) is 12.2. The molecule has 0 spiro atoms. The number of Topliss-reactive ketones (excluding diaryl/α,β-unsaturated/α-hetero) is 1. The van der Waals surface area contributed by atoms with Gasteiger partial charge in [-0.25, -0.2) is 4.39 Å². The number of nitrogens with two attached hydrogens (primary N) is 1. The fraction of sp³-hybridized carbons (Fsp3) is 0.462. The highest BCUT2D eigenvalue weighted by Gasteiger charge is 2.28. The van der Waals surface area contributed by atoms with Gasteiger partial charge in [0.15, 0.2) is 5.78 Å². The van der Waals surface area contributed by atoms with Gasteiger partial charge < -0.3 is 5.73 Å². The van der Waals surface area contributed by atoms with Crippen molar-refractivity contribution >= 4 is 21.7 Å². The maximum atomic E-state index is 13.8. The first kappa shape index (κ1) is 12.7. The summed E-state index contributed by atoms with van der Waals surface area (Å²) in [7, 11) is 0. The lowest BCUT2D eigenvalue weighted by Crippen LogP contribution is -2.31. The van der Waals surface area contributed by atoms with Gasteiger partial charge in [0.1, 0.15) is 5.82 Å². The van der Waals surface area contributed by atoms with Crippen LogP contribution in [0, 0.1) is 11.7 Å². The molecule has 1 aliphatic carbocycles. The van der Waals surface area contributed by atoms with Crippen molar-refractivity contribution in [1.29, 1.82) is 0 Å². The van der Waals surface area contributed by atoms with E-state index in [1.54, 1.807) is 18.2 Å². The van der Waals surface area contributed by atoms with Gasteiger partial charge in [-0.05, 0) is 47.3 Å². The quantitative estimate of drug-likeness (QED) is 0.852. The molecule has 2 nitrogen and oxygen atoms in total. The average Bonchev–Trinajstić information content (AvgIpc) is 2.32. The van der Waals surface area contributed by atoms with E-state index in [0.717, 1.165) is 19.3 Å². The van der Waals surface area contributed by atoms with Crippen molar-refractivity contribution in [3.05, 3.63) is 34.1 Å². The number of hydrogen-bond donors (Lipinski definition) is 1. The van der Waals surface area contributed by atoms with Gasteiger partial charge in [-0.15, -0.1) is 0 Å². The predicted octanol–water partition coefficient (Wildman–Crippen LogP) is 3.29. The molecule has 1 aromatic carbocycles. The maximum Gasteiger partial charge on any atom is 0.168 e. The summed E-state index contributed by atoms with van der Waals surface area (Å²) in [5.74, 6) is -0.696. The summed E-state index contributed by atoms with van der Waals surface area (Å²) in [6.45, 7) is 0. The van der Waals surface area contributed by atoms with Crippen LogP contribution in [0.1, 0.15) is 36.0 Å². The minimum atomic E-state index is -0.461. The highest BCUT2D eigenvalue weighted by molar-refractivity contribution is 9.10. The number of ketones is 1. The first-order chi connectivity index (χ1) is 8.09. The van der Waals surface area contributed by atoms with E-state index in [-0.39, 0.29) is 23.3 Å². The molecule has 4 heteroatoms. The van der Waals surface area contributed by atoms with E-state index < -0.39 is 5.82 Å². The zero-order valence-corrected chi connectivity index (χ0v) is 11.0. The second-order valence-corrected chi connectivity index (χ2v) is 5.44. The fourth-order valence-corrected chi connectivity index (χ4v) is 2.75. The van der Waals surface area contributed by atoms with Crippen LogP contribution < -0.4 is 5.73 Å². The van der Waals surface area contributed by atoms with Crippen molar-refractivity contribution in [3.8, 4) is 0 Å². The SMILES string of the molecule is NC1CCCC(C(=O)c2cccc(Br)c2F)C1. The Morgan fingerprint density at radius 3 is 2.88 bits per heavy atom. The lowest BCUT2D eigenvalue weighted by molar-refractivity contribution is 0.0877. The van der Waals surface area contributed by atoms with E-state index in [9.17, 15) is 9.18 Å². The molecular formula is C13H15BrFNO. The molecule has 0 aromatic heterocycles. The second-order valence-electron chi connectivity index (χ2n) is 4.59. The molecule has 0 bridgehead atoms. The Balaban J connectivity index is 2.22. The third-order valence-electron chi connectivity index (χ3n) is 3.30. The molecule has 17 heavy (non-hydrogen) atoms. The van der Waals surface area contributed by atoms with Crippen molar-refractivity contribution in [2.75, 3.05) is 0 Å². The molecule has 0 amide bonds. The first-order valence-electron chi connectivity index (χ1n) is 5.83. The fourth-order valence-electron chi connectivity index (χ4n) is 2.38. The Kier molecular flexibility index (Phi) is 3.94. The van der Waals surface area contributed by atoms with E-state index in [2.05, 4.69) is 15.9 Å². The van der Waals surface area contributed by atoms with Crippen LogP contribution in [-0.2, 0) is 0 Å². The maximum absolute atomic E-state index is 13.8. The van der Waals surface area contributed by atoms with Crippen LogP contribution in [-0.4, -0.2) is 11.8 Å². The second kappa shape index (κ2) is 5.27. The summed E-state index contributed by atoms with van der Waals surface area (Å²) < 4.78 is 14.1. The lowest BCUT2D eigenvalue weighted by Gasteiger charge is -2.25. The number of halogens is 2. The molecule has 2 rings (SSSR count). The molecule has 1 aromatic rings. The minimum Gasteiger partial charge on any atom is -0.328 e. The molecule has 92 valence electrons. The molecule has 2 N–H and O–H groups in total.